The van der Waals surface area contributed by atoms with Crippen LogP contribution in [0, 0.1) is 0 Å². The van der Waals surface area contributed by atoms with Crippen LogP contribution in [0.4, 0.5) is 5.69 Å². The fourth-order valence-corrected chi connectivity index (χ4v) is 4.83. The average Bonchev–Trinajstić information content (AvgIpc) is 3.03. The number of amides is 1. The van der Waals surface area contributed by atoms with Crippen LogP contribution in [0.5, 0.6) is 0 Å². The van der Waals surface area contributed by atoms with Crippen LogP contribution in [0.3, 0.4) is 0 Å². The number of fused-ring (bicyclic) bond motifs is 1. The number of anilines is 1. The van der Waals surface area contributed by atoms with Crippen molar-refractivity contribution in [3.05, 3.63) is 63.8 Å². The highest BCUT2D eigenvalue weighted by Crippen LogP contribution is 2.21. The van der Waals surface area contributed by atoms with E-state index >= 15 is 0 Å². The lowest BCUT2D eigenvalue weighted by Gasteiger charge is -2.34. The van der Waals surface area contributed by atoms with Crippen molar-refractivity contribution in [2.45, 2.75) is 19.4 Å². The van der Waals surface area contributed by atoms with Crippen molar-refractivity contribution >= 4 is 33.1 Å². The van der Waals surface area contributed by atoms with Gasteiger partial charge in [0, 0.05) is 51.9 Å². The number of benzene rings is 2. The molecule has 158 valence electrons. The Hall–Kier alpha value is -2.48. The molecule has 0 spiro atoms. The highest BCUT2D eigenvalue weighted by atomic mass is 32.1. The molecule has 1 fully saturated rings. The molecule has 1 saturated heterocycles. The molecule has 0 bridgehead atoms. The van der Waals surface area contributed by atoms with Crippen LogP contribution < -0.4 is 10.2 Å². The second-order valence-electron chi connectivity index (χ2n) is 7.86. The van der Waals surface area contributed by atoms with Gasteiger partial charge in [-0.15, -0.1) is 0 Å². The maximum Gasteiger partial charge on any atom is 0.307 e. The van der Waals surface area contributed by atoms with Crippen LogP contribution in [0.2, 0.25) is 0 Å². The third kappa shape index (κ3) is 5.16. The lowest BCUT2D eigenvalue weighted by Crippen LogP contribution is -2.46. The number of nitrogens with zero attached hydrogens (tertiary/aromatic N) is 3. The summed E-state index contributed by atoms with van der Waals surface area (Å²) in [4.78, 5) is 29.0. The van der Waals surface area contributed by atoms with Crippen LogP contribution in [0.25, 0.3) is 10.2 Å². The SMILES string of the molecule is Cn1c(=O)sc2cc(NC(=O)CCCN3CCN(Cc4ccccc4)CC3)ccc21. The van der Waals surface area contributed by atoms with Crippen molar-refractivity contribution in [2.75, 3.05) is 38.0 Å². The zero-order valence-corrected chi connectivity index (χ0v) is 18.2. The minimum Gasteiger partial charge on any atom is -0.326 e. The van der Waals surface area contributed by atoms with Crippen LogP contribution in [0.1, 0.15) is 18.4 Å². The number of aryl methyl sites for hydroxylation is 1. The van der Waals surface area contributed by atoms with Crippen molar-refractivity contribution in [3.8, 4) is 0 Å². The quantitative estimate of drug-likeness (QED) is 0.633. The lowest BCUT2D eigenvalue weighted by molar-refractivity contribution is -0.116. The fourth-order valence-electron chi connectivity index (χ4n) is 3.91. The van der Waals surface area contributed by atoms with E-state index in [1.54, 1.807) is 11.6 Å². The van der Waals surface area contributed by atoms with Crippen LogP contribution in [0.15, 0.2) is 53.3 Å². The smallest absolute Gasteiger partial charge is 0.307 e. The Morgan fingerprint density at radius 1 is 1.03 bits per heavy atom. The second-order valence-corrected chi connectivity index (χ2v) is 8.86. The van der Waals surface area contributed by atoms with Crippen molar-refractivity contribution in [1.29, 1.82) is 0 Å². The molecule has 30 heavy (non-hydrogen) atoms. The predicted octanol–water partition coefficient (Wildman–Crippen LogP) is 3.14. The van der Waals surface area contributed by atoms with Gasteiger partial charge in [-0.05, 0) is 36.7 Å². The summed E-state index contributed by atoms with van der Waals surface area (Å²) in [6.45, 7) is 6.21. The summed E-state index contributed by atoms with van der Waals surface area (Å²) in [6.07, 6.45) is 1.36. The number of rotatable bonds is 7. The van der Waals surface area contributed by atoms with Gasteiger partial charge in [0.25, 0.3) is 0 Å². The molecule has 1 aromatic heterocycles. The third-order valence-corrected chi connectivity index (χ3v) is 6.66. The summed E-state index contributed by atoms with van der Waals surface area (Å²) in [6, 6.07) is 16.2. The van der Waals surface area contributed by atoms with Crippen molar-refractivity contribution < 1.29 is 4.79 Å². The van der Waals surface area contributed by atoms with Gasteiger partial charge in [-0.25, -0.2) is 0 Å². The topological polar surface area (TPSA) is 57.6 Å². The molecule has 3 aromatic rings. The molecule has 0 radical (unpaired) electrons. The Morgan fingerprint density at radius 2 is 1.77 bits per heavy atom. The van der Waals surface area contributed by atoms with Gasteiger partial charge in [0.1, 0.15) is 0 Å². The maximum absolute atomic E-state index is 12.3. The molecule has 0 atom stereocenters. The zero-order valence-electron chi connectivity index (χ0n) is 17.3. The number of carbonyl (C=O) groups is 1. The maximum atomic E-state index is 12.3. The molecule has 1 aliphatic heterocycles. The Labute approximate surface area is 180 Å². The van der Waals surface area contributed by atoms with Gasteiger partial charge < -0.3 is 14.8 Å². The molecule has 0 aliphatic carbocycles. The second kappa shape index (κ2) is 9.55. The number of aromatic nitrogens is 1. The fraction of sp³-hybridized carbons (Fsp3) is 0.391. The average molecular weight is 425 g/mol. The first kappa shape index (κ1) is 20.8. The van der Waals surface area contributed by atoms with E-state index < -0.39 is 0 Å². The van der Waals surface area contributed by atoms with E-state index in [2.05, 4.69) is 45.4 Å². The van der Waals surface area contributed by atoms with Gasteiger partial charge in [0.2, 0.25) is 5.91 Å². The largest absolute Gasteiger partial charge is 0.326 e. The van der Waals surface area contributed by atoms with E-state index in [0.29, 0.717) is 6.42 Å². The summed E-state index contributed by atoms with van der Waals surface area (Å²) in [5, 5.41) is 2.96. The first-order valence-electron chi connectivity index (χ1n) is 10.5. The van der Waals surface area contributed by atoms with Gasteiger partial charge in [-0.1, -0.05) is 41.7 Å². The zero-order chi connectivity index (χ0) is 20.9. The molecule has 7 heteroatoms. The first-order chi connectivity index (χ1) is 14.6. The van der Waals surface area contributed by atoms with Gasteiger partial charge in [0.05, 0.1) is 10.2 Å². The van der Waals surface area contributed by atoms with E-state index in [4.69, 9.17) is 0 Å². The van der Waals surface area contributed by atoms with Gasteiger partial charge >= 0.3 is 4.87 Å². The van der Waals surface area contributed by atoms with E-state index in [1.807, 2.05) is 18.2 Å². The minimum atomic E-state index is 0.0114. The molecular formula is C23H28N4O2S. The van der Waals surface area contributed by atoms with E-state index in [9.17, 15) is 9.59 Å². The Kier molecular flexibility index (Phi) is 6.62. The number of piperazine rings is 1. The Bertz CT molecular complexity index is 1050. The van der Waals surface area contributed by atoms with Crippen LogP contribution in [-0.2, 0) is 18.4 Å². The van der Waals surface area contributed by atoms with E-state index in [1.165, 1.54) is 16.9 Å². The van der Waals surface area contributed by atoms with Crippen LogP contribution >= 0.6 is 11.3 Å². The number of thiazole rings is 1. The van der Waals surface area contributed by atoms with Crippen molar-refractivity contribution in [1.82, 2.24) is 14.4 Å². The molecule has 4 rings (SSSR count). The molecule has 2 heterocycles. The molecule has 0 saturated carbocycles. The molecular weight excluding hydrogens is 396 g/mol. The normalized spacial score (nSPS) is 15.5. The summed E-state index contributed by atoms with van der Waals surface area (Å²) in [5.41, 5.74) is 3.02. The Morgan fingerprint density at radius 3 is 2.53 bits per heavy atom. The molecule has 1 N–H and O–H groups in total. The highest BCUT2D eigenvalue weighted by molar-refractivity contribution is 7.16. The number of carbonyl (C=O) groups excluding carboxylic acids is 1. The van der Waals surface area contributed by atoms with Gasteiger partial charge in [-0.3, -0.25) is 14.5 Å². The molecule has 6 nitrogen and oxygen atoms in total. The molecule has 0 unspecified atom stereocenters. The number of nitrogens with one attached hydrogen (secondary N) is 1. The van der Waals surface area contributed by atoms with Gasteiger partial charge in [0.15, 0.2) is 0 Å². The molecule has 1 aliphatic rings. The number of hydrogen-bond acceptors (Lipinski definition) is 5. The summed E-state index contributed by atoms with van der Waals surface area (Å²) in [5.74, 6) is 0.0281. The van der Waals surface area contributed by atoms with Gasteiger partial charge in [-0.2, -0.15) is 0 Å². The van der Waals surface area contributed by atoms with Crippen molar-refractivity contribution in [3.63, 3.8) is 0 Å². The monoisotopic (exact) mass is 424 g/mol. The molecule has 1 amide bonds. The lowest BCUT2D eigenvalue weighted by atomic mass is 10.2. The van der Waals surface area contributed by atoms with Crippen LogP contribution in [-0.4, -0.2) is 53.0 Å². The third-order valence-electron chi connectivity index (χ3n) is 5.67. The summed E-state index contributed by atoms with van der Waals surface area (Å²) >= 11 is 1.20. The summed E-state index contributed by atoms with van der Waals surface area (Å²) < 4.78 is 2.53. The number of hydrogen-bond donors (Lipinski definition) is 1. The summed E-state index contributed by atoms with van der Waals surface area (Å²) in [7, 11) is 1.76. The Balaban J connectivity index is 1.18. The van der Waals surface area contributed by atoms with Crippen molar-refractivity contribution in [2.24, 2.45) is 7.05 Å². The predicted molar refractivity (Wildman–Crippen MR) is 123 cm³/mol. The molecule has 2 aromatic carbocycles. The van der Waals surface area contributed by atoms with E-state index in [0.717, 1.165) is 61.6 Å². The highest BCUT2D eigenvalue weighted by Gasteiger charge is 2.17. The first-order valence-corrected chi connectivity index (χ1v) is 11.3. The minimum absolute atomic E-state index is 0.0114. The standard InChI is InChI=1S/C23H28N4O2S/c1-25-20-10-9-19(16-21(20)30-23(25)29)24-22(28)8-5-11-26-12-14-27(15-13-26)17-18-6-3-2-4-7-18/h2-4,6-7,9-10,16H,5,8,11-15,17H2,1H3,(H,24,28). The van der Waals surface area contributed by atoms with E-state index in [-0.39, 0.29) is 10.8 Å².